The zero-order chi connectivity index (χ0) is 14.0. The highest BCUT2D eigenvalue weighted by Crippen LogP contribution is 2.28. The summed E-state index contributed by atoms with van der Waals surface area (Å²) in [5.41, 5.74) is -0.140. The molecule has 2 aromatic rings. The Bertz CT molecular complexity index is 656. The fraction of sp³-hybridized carbons (Fsp3) is 0.0909. The van der Waals surface area contributed by atoms with E-state index in [4.69, 9.17) is 0 Å². The van der Waals surface area contributed by atoms with E-state index in [1.54, 1.807) is 6.92 Å². The minimum absolute atomic E-state index is 0.0197. The number of amides is 1. The molecule has 6 nitrogen and oxygen atoms in total. The van der Waals surface area contributed by atoms with E-state index in [0.29, 0.717) is 4.88 Å². The van der Waals surface area contributed by atoms with Gasteiger partial charge < -0.3 is 5.32 Å². The van der Waals surface area contributed by atoms with E-state index in [9.17, 15) is 19.3 Å². The van der Waals surface area contributed by atoms with E-state index in [-0.39, 0.29) is 16.3 Å². The van der Waals surface area contributed by atoms with Crippen molar-refractivity contribution in [3.63, 3.8) is 0 Å². The van der Waals surface area contributed by atoms with E-state index in [1.165, 1.54) is 18.3 Å². The number of halogens is 1. The average molecular weight is 281 g/mol. The van der Waals surface area contributed by atoms with Gasteiger partial charge in [0.1, 0.15) is 0 Å². The smallest absolute Gasteiger partial charge is 0.283 e. The average Bonchev–Trinajstić information content (AvgIpc) is 2.74. The third kappa shape index (κ3) is 2.74. The molecular weight excluding hydrogens is 273 g/mol. The number of aryl methyl sites for hydroxylation is 1. The summed E-state index contributed by atoms with van der Waals surface area (Å²) in [5.74, 6) is -1.26. The summed E-state index contributed by atoms with van der Waals surface area (Å²) < 4.78 is 13.3. The molecule has 19 heavy (non-hydrogen) atoms. The highest BCUT2D eigenvalue weighted by atomic mass is 32.1. The van der Waals surface area contributed by atoms with E-state index >= 15 is 0 Å². The first-order valence-electron chi connectivity index (χ1n) is 5.14. The number of anilines is 1. The molecule has 0 aliphatic carbocycles. The van der Waals surface area contributed by atoms with Crippen LogP contribution in [0.5, 0.6) is 0 Å². The summed E-state index contributed by atoms with van der Waals surface area (Å²) >= 11 is 0.984. The number of thiophene rings is 1. The Balaban J connectivity index is 2.24. The van der Waals surface area contributed by atoms with Crippen molar-refractivity contribution in [2.45, 2.75) is 6.92 Å². The number of aromatic nitrogens is 1. The summed E-state index contributed by atoms with van der Waals surface area (Å²) in [4.78, 5) is 26.1. The van der Waals surface area contributed by atoms with Gasteiger partial charge in [-0.3, -0.25) is 19.9 Å². The lowest BCUT2D eigenvalue weighted by Gasteiger charge is -2.03. The molecule has 1 amide bonds. The SMILES string of the molecule is Cc1sc(C(=O)Nc2ccncc2F)cc1[N+](=O)[O-]. The number of nitrogens with zero attached hydrogens (tertiary/aromatic N) is 2. The summed E-state index contributed by atoms with van der Waals surface area (Å²) in [6.45, 7) is 1.55. The number of carbonyl (C=O) groups is 1. The van der Waals surface area contributed by atoms with E-state index in [1.807, 2.05) is 0 Å². The number of nitro groups is 1. The van der Waals surface area contributed by atoms with Gasteiger partial charge in [-0.05, 0) is 13.0 Å². The molecule has 98 valence electrons. The van der Waals surface area contributed by atoms with Crippen LogP contribution in [-0.2, 0) is 0 Å². The van der Waals surface area contributed by atoms with Crippen molar-refractivity contribution in [2.24, 2.45) is 0 Å². The van der Waals surface area contributed by atoms with Crippen molar-refractivity contribution < 1.29 is 14.1 Å². The van der Waals surface area contributed by atoms with Crippen LogP contribution in [0.4, 0.5) is 15.8 Å². The van der Waals surface area contributed by atoms with Crippen LogP contribution >= 0.6 is 11.3 Å². The van der Waals surface area contributed by atoms with E-state index < -0.39 is 16.6 Å². The maximum Gasteiger partial charge on any atom is 0.283 e. The summed E-state index contributed by atoms with van der Waals surface area (Å²) in [6.07, 6.45) is 2.30. The first-order chi connectivity index (χ1) is 8.99. The van der Waals surface area contributed by atoms with Crippen LogP contribution in [0, 0.1) is 22.9 Å². The minimum atomic E-state index is -0.668. The lowest BCUT2D eigenvalue weighted by Crippen LogP contribution is -2.11. The Morgan fingerprint density at radius 1 is 1.58 bits per heavy atom. The van der Waals surface area contributed by atoms with Crippen LogP contribution in [0.25, 0.3) is 0 Å². The van der Waals surface area contributed by atoms with Gasteiger partial charge in [0.25, 0.3) is 11.6 Å². The van der Waals surface area contributed by atoms with Crippen molar-refractivity contribution >= 4 is 28.6 Å². The Labute approximate surface area is 111 Å². The van der Waals surface area contributed by atoms with E-state index in [2.05, 4.69) is 10.3 Å². The Morgan fingerprint density at radius 3 is 2.89 bits per heavy atom. The third-order valence-corrected chi connectivity index (χ3v) is 3.37. The molecule has 0 aliphatic heterocycles. The van der Waals surface area contributed by atoms with Crippen molar-refractivity contribution in [3.05, 3.63) is 50.2 Å². The molecule has 2 rings (SSSR count). The predicted octanol–water partition coefficient (Wildman–Crippen LogP) is 2.75. The molecule has 0 atom stereocenters. The molecule has 0 fully saturated rings. The largest absolute Gasteiger partial charge is 0.319 e. The lowest BCUT2D eigenvalue weighted by molar-refractivity contribution is -0.385. The van der Waals surface area contributed by atoms with Gasteiger partial charge in [-0.25, -0.2) is 4.39 Å². The van der Waals surface area contributed by atoms with Crippen molar-refractivity contribution in [1.29, 1.82) is 0 Å². The summed E-state index contributed by atoms with van der Waals surface area (Å²) in [7, 11) is 0. The fourth-order valence-corrected chi connectivity index (χ4v) is 2.31. The molecule has 0 aromatic carbocycles. The zero-order valence-corrected chi connectivity index (χ0v) is 10.5. The van der Waals surface area contributed by atoms with E-state index in [0.717, 1.165) is 17.5 Å². The van der Waals surface area contributed by atoms with Crippen LogP contribution in [-0.4, -0.2) is 15.8 Å². The maximum absolute atomic E-state index is 13.3. The lowest BCUT2D eigenvalue weighted by atomic mass is 10.3. The Morgan fingerprint density at radius 2 is 2.32 bits per heavy atom. The van der Waals surface area contributed by atoms with Gasteiger partial charge in [0.2, 0.25) is 0 Å². The summed E-state index contributed by atoms with van der Waals surface area (Å²) in [5, 5.41) is 13.0. The van der Waals surface area contributed by atoms with Gasteiger partial charge in [0, 0.05) is 12.3 Å². The molecule has 8 heteroatoms. The second kappa shape index (κ2) is 5.11. The number of hydrogen-bond donors (Lipinski definition) is 1. The zero-order valence-electron chi connectivity index (χ0n) is 9.71. The molecule has 0 radical (unpaired) electrons. The van der Waals surface area contributed by atoms with Gasteiger partial charge in [0.05, 0.1) is 26.6 Å². The van der Waals surface area contributed by atoms with Crippen LogP contribution in [0.2, 0.25) is 0 Å². The highest BCUT2D eigenvalue weighted by molar-refractivity contribution is 7.14. The van der Waals surface area contributed by atoms with Crippen molar-refractivity contribution in [2.75, 3.05) is 5.32 Å². The molecular formula is C11H8FN3O3S. The molecule has 0 bridgehead atoms. The third-order valence-electron chi connectivity index (χ3n) is 2.33. The highest BCUT2D eigenvalue weighted by Gasteiger charge is 2.20. The quantitative estimate of drug-likeness (QED) is 0.692. The van der Waals surface area contributed by atoms with Crippen LogP contribution in [0.1, 0.15) is 14.5 Å². The molecule has 0 unspecified atom stereocenters. The number of rotatable bonds is 3. The normalized spacial score (nSPS) is 10.2. The van der Waals surface area contributed by atoms with Gasteiger partial charge in [-0.2, -0.15) is 0 Å². The van der Waals surface area contributed by atoms with Crippen molar-refractivity contribution in [3.8, 4) is 0 Å². The van der Waals surface area contributed by atoms with Gasteiger partial charge in [-0.1, -0.05) is 0 Å². The van der Waals surface area contributed by atoms with Gasteiger partial charge in [-0.15, -0.1) is 11.3 Å². The first kappa shape index (κ1) is 13.1. The molecule has 2 aromatic heterocycles. The fourth-order valence-electron chi connectivity index (χ4n) is 1.43. The predicted molar refractivity (Wildman–Crippen MR) is 67.9 cm³/mol. The maximum atomic E-state index is 13.3. The first-order valence-corrected chi connectivity index (χ1v) is 5.96. The number of pyridine rings is 1. The number of nitrogens with one attached hydrogen (secondary N) is 1. The topological polar surface area (TPSA) is 85.1 Å². The summed E-state index contributed by atoms with van der Waals surface area (Å²) in [6, 6.07) is 2.48. The number of hydrogen-bond acceptors (Lipinski definition) is 5. The van der Waals surface area contributed by atoms with Gasteiger partial charge in [0.15, 0.2) is 5.82 Å². The van der Waals surface area contributed by atoms with Crippen LogP contribution in [0.3, 0.4) is 0 Å². The molecule has 2 heterocycles. The Hall–Kier alpha value is -2.35. The number of carbonyl (C=O) groups excluding carboxylic acids is 1. The molecule has 0 saturated carbocycles. The van der Waals surface area contributed by atoms with Crippen LogP contribution in [0.15, 0.2) is 24.5 Å². The second-order valence-corrected chi connectivity index (χ2v) is 4.88. The van der Waals surface area contributed by atoms with Crippen LogP contribution < -0.4 is 5.32 Å². The standard InChI is InChI=1S/C11H8FN3O3S/c1-6-9(15(17)18)4-10(19-6)11(16)14-8-2-3-13-5-7(8)12/h2-5H,1H3,(H,13,14,16). The molecule has 0 aliphatic rings. The molecule has 0 spiro atoms. The van der Waals surface area contributed by atoms with Gasteiger partial charge >= 0.3 is 0 Å². The molecule has 1 N–H and O–H groups in total. The molecule has 0 saturated heterocycles. The second-order valence-electron chi connectivity index (χ2n) is 3.62. The Kier molecular flexibility index (Phi) is 3.52. The minimum Gasteiger partial charge on any atom is -0.319 e. The van der Waals surface area contributed by atoms with Crippen molar-refractivity contribution in [1.82, 2.24) is 4.98 Å². The monoisotopic (exact) mass is 281 g/mol.